The van der Waals surface area contributed by atoms with Crippen LogP contribution < -0.4 is 10.5 Å². The monoisotopic (exact) mass is 413 g/mol. The standard InChI is InChI=1S/C15H20BrN5O4/c1-6-9(22)10(23)13(24-6)21-12-8(18-14(21)16)11(17)19-15(20-12)25-7-4-2-3-5-7/h6-7,9-10,13,22-23H,2-5H2,1H3,(H2,17,19,20)/t6-,9-,10-,13+/m0/s1. The lowest BCUT2D eigenvalue weighted by atomic mass is 10.1. The van der Waals surface area contributed by atoms with Crippen LogP contribution in [0.25, 0.3) is 11.2 Å². The third-order valence-corrected chi connectivity index (χ3v) is 5.37. The van der Waals surface area contributed by atoms with E-state index in [1.165, 1.54) is 0 Å². The fourth-order valence-corrected chi connectivity index (χ4v) is 3.97. The van der Waals surface area contributed by atoms with Crippen LogP contribution in [0.1, 0.15) is 38.8 Å². The lowest BCUT2D eigenvalue weighted by Crippen LogP contribution is -2.30. The summed E-state index contributed by atoms with van der Waals surface area (Å²) in [5, 5.41) is 20.3. The van der Waals surface area contributed by atoms with E-state index in [0.717, 1.165) is 25.7 Å². The van der Waals surface area contributed by atoms with Gasteiger partial charge in [-0.25, -0.2) is 4.98 Å². The van der Waals surface area contributed by atoms with Crippen LogP contribution in [0.5, 0.6) is 6.01 Å². The number of rotatable bonds is 3. The van der Waals surface area contributed by atoms with Crippen molar-refractivity contribution in [3.8, 4) is 6.01 Å². The Kier molecular flexibility index (Phi) is 4.30. The largest absolute Gasteiger partial charge is 0.460 e. The van der Waals surface area contributed by atoms with Crippen LogP contribution >= 0.6 is 15.9 Å². The van der Waals surface area contributed by atoms with Crippen molar-refractivity contribution in [1.82, 2.24) is 19.5 Å². The molecule has 4 N–H and O–H groups in total. The summed E-state index contributed by atoms with van der Waals surface area (Å²) in [6.45, 7) is 1.69. The third kappa shape index (κ3) is 2.86. The number of hydrogen-bond donors (Lipinski definition) is 3. The first kappa shape index (κ1) is 17.0. The molecule has 10 heteroatoms. The fraction of sp³-hybridized carbons (Fsp3) is 0.667. The summed E-state index contributed by atoms with van der Waals surface area (Å²) in [5.41, 5.74) is 6.79. The predicted octanol–water partition coefficient (Wildman–Crippen LogP) is 1.13. The molecule has 0 bridgehead atoms. The second kappa shape index (κ2) is 6.35. The Bertz CT molecular complexity index is 794. The van der Waals surface area contributed by atoms with Crippen molar-refractivity contribution in [2.24, 2.45) is 0 Å². The lowest BCUT2D eigenvalue weighted by Gasteiger charge is -2.18. The minimum Gasteiger partial charge on any atom is -0.460 e. The average Bonchev–Trinajstić information content (AvgIpc) is 3.24. The number of halogens is 1. The molecule has 25 heavy (non-hydrogen) atoms. The van der Waals surface area contributed by atoms with Gasteiger partial charge in [-0.2, -0.15) is 9.97 Å². The van der Waals surface area contributed by atoms with Gasteiger partial charge in [0.25, 0.3) is 0 Å². The molecule has 2 fully saturated rings. The number of hydrogen-bond acceptors (Lipinski definition) is 8. The molecule has 0 aromatic carbocycles. The number of aromatic nitrogens is 4. The molecule has 2 aliphatic rings. The van der Waals surface area contributed by atoms with Crippen molar-refractivity contribution in [3.05, 3.63) is 4.73 Å². The highest BCUT2D eigenvalue weighted by Crippen LogP contribution is 2.35. The van der Waals surface area contributed by atoms with Gasteiger partial charge in [0.2, 0.25) is 0 Å². The number of imidazole rings is 1. The smallest absolute Gasteiger partial charge is 0.320 e. The van der Waals surface area contributed by atoms with Crippen LogP contribution in [-0.2, 0) is 4.74 Å². The molecule has 4 rings (SSSR count). The van der Waals surface area contributed by atoms with Gasteiger partial charge >= 0.3 is 6.01 Å². The van der Waals surface area contributed by atoms with E-state index < -0.39 is 24.5 Å². The summed E-state index contributed by atoms with van der Waals surface area (Å²) >= 11 is 3.35. The fourth-order valence-electron chi connectivity index (χ4n) is 3.42. The molecule has 0 amide bonds. The first-order valence-electron chi connectivity index (χ1n) is 8.35. The molecule has 2 aromatic heterocycles. The Balaban J connectivity index is 1.76. The van der Waals surface area contributed by atoms with Gasteiger partial charge in [0.1, 0.15) is 18.3 Å². The van der Waals surface area contributed by atoms with Crippen molar-refractivity contribution in [3.63, 3.8) is 0 Å². The number of nitrogen functional groups attached to an aromatic ring is 1. The zero-order valence-corrected chi connectivity index (χ0v) is 15.3. The molecule has 1 saturated heterocycles. The molecule has 1 aliphatic heterocycles. The summed E-state index contributed by atoms with van der Waals surface area (Å²) in [5.74, 6) is 0.193. The van der Waals surface area contributed by atoms with Crippen LogP contribution in [0.2, 0.25) is 0 Å². The summed E-state index contributed by atoms with van der Waals surface area (Å²) in [6, 6.07) is 0.187. The number of fused-ring (bicyclic) bond motifs is 1. The maximum atomic E-state index is 10.3. The van der Waals surface area contributed by atoms with E-state index in [2.05, 4.69) is 30.9 Å². The number of aliphatic hydroxyl groups is 2. The zero-order valence-electron chi connectivity index (χ0n) is 13.7. The Morgan fingerprint density at radius 2 is 1.92 bits per heavy atom. The molecule has 1 saturated carbocycles. The summed E-state index contributed by atoms with van der Waals surface area (Å²) in [4.78, 5) is 12.9. The van der Waals surface area contributed by atoms with E-state index in [0.29, 0.717) is 15.9 Å². The number of aliphatic hydroxyl groups excluding tert-OH is 2. The summed E-state index contributed by atoms with van der Waals surface area (Å²) in [6.07, 6.45) is 0.828. The van der Waals surface area contributed by atoms with Crippen molar-refractivity contribution in [1.29, 1.82) is 0 Å². The highest BCUT2D eigenvalue weighted by atomic mass is 79.9. The normalized spacial score (nSPS) is 30.4. The molecule has 136 valence electrons. The molecule has 4 atom stereocenters. The first-order chi connectivity index (χ1) is 12.0. The van der Waals surface area contributed by atoms with E-state index in [4.69, 9.17) is 15.2 Å². The molecule has 1 aliphatic carbocycles. The highest BCUT2D eigenvalue weighted by Gasteiger charge is 2.43. The third-order valence-electron chi connectivity index (χ3n) is 4.81. The minimum atomic E-state index is -1.11. The molecule has 9 nitrogen and oxygen atoms in total. The minimum absolute atomic E-state index is 0.0897. The number of anilines is 1. The average molecular weight is 414 g/mol. The summed E-state index contributed by atoms with van der Waals surface area (Å²) in [7, 11) is 0. The van der Waals surface area contributed by atoms with E-state index in [1.54, 1.807) is 11.5 Å². The van der Waals surface area contributed by atoms with Gasteiger partial charge in [-0.1, -0.05) is 0 Å². The van der Waals surface area contributed by atoms with Crippen molar-refractivity contribution < 1.29 is 19.7 Å². The highest BCUT2D eigenvalue weighted by molar-refractivity contribution is 9.10. The molecule has 0 unspecified atom stereocenters. The Morgan fingerprint density at radius 1 is 1.20 bits per heavy atom. The van der Waals surface area contributed by atoms with E-state index in [9.17, 15) is 10.2 Å². The zero-order chi connectivity index (χ0) is 17.7. The van der Waals surface area contributed by atoms with Crippen molar-refractivity contribution in [2.75, 3.05) is 5.73 Å². The van der Waals surface area contributed by atoms with E-state index in [-0.39, 0.29) is 17.9 Å². The quantitative estimate of drug-likeness (QED) is 0.638. The van der Waals surface area contributed by atoms with Gasteiger partial charge in [-0.3, -0.25) is 4.57 Å². The summed E-state index contributed by atoms with van der Waals surface area (Å²) < 4.78 is 13.5. The Morgan fingerprint density at radius 3 is 2.56 bits per heavy atom. The van der Waals surface area contributed by atoms with Gasteiger partial charge in [0.15, 0.2) is 27.9 Å². The van der Waals surface area contributed by atoms with Crippen LogP contribution in [0.15, 0.2) is 4.73 Å². The number of nitrogens with two attached hydrogens (primary N) is 1. The van der Waals surface area contributed by atoms with Crippen LogP contribution in [0.3, 0.4) is 0 Å². The van der Waals surface area contributed by atoms with Crippen molar-refractivity contribution in [2.45, 2.75) is 63.3 Å². The van der Waals surface area contributed by atoms with Crippen LogP contribution in [0.4, 0.5) is 5.82 Å². The SMILES string of the molecule is C[C@@H]1O[C@@H](n2c(Br)nc3c(N)nc(OC4CCCC4)nc32)[C@@H](O)[C@H]1O. The predicted molar refractivity (Wildman–Crippen MR) is 91.9 cm³/mol. The second-order valence-electron chi connectivity index (χ2n) is 6.55. The van der Waals surface area contributed by atoms with Gasteiger partial charge in [0, 0.05) is 0 Å². The van der Waals surface area contributed by atoms with Gasteiger partial charge < -0.3 is 25.4 Å². The van der Waals surface area contributed by atoms with Gasteiger partial charge in [-0.05, 0) is 48.5 Å². The van der Waals surface area contributed by atoms with Crippen molar-refractivity contribution >= 4 is 32.9 Å². The van der Waals surface area contributed by atoms with E-state index in [1.807, 2.05) is 0 Å². The van der Waals surface area contributed by atoms with Crippen LogP contribution in [-0.4, -0.2) is 54.1 Å². The van der Waals surface area contributed by atoms with E-state index >= 15 is 0 Å². The van der Waals surface area contributed by atoms with Crippen LogP contribution in [0, 0.1) is 0 Å². The maximum absolute atomic E-state index is 10.3. The second-order valence-corrected chi connectivity index (χ2v) is 7.26. The maximum Gasteiger partial charge on any atom is 0.320 e. The number of ether oxygens (including phenoxy) is 2. The topological polar surface area (TPSA) is 129 Å². The molecule has 3 heterocycles. The lowest BCUT2D eigenvalue weighted by molar-refractivity contribution is -0.0313. The molecule has 0 radical (unpaired) electrons. The van der Waals surface area contributed by atoms with Gasteiger partial charge in [0.05, 0.1) is 6.10 Å². The molecular formula is C15H20BrN5O4. The first-order valence-corrected chi connectivity index (χ1v) is 9.14. The molecular weight excluding hydrogens is 394 g/mol. The molecule has 2 aromatic rings. The Hall–Kier alpha value is -1.49. The molecule has 0 spiro atoms. The van der Waals surface area contributed by atoms with Gasteiger partial charge in [-0.15, -0.1) is 0 Å². The number of nitrogens with zero attached hydrogens (tertiary/aromatic N) is 4. The Labute approximate surface area is 152 Å².